The molecule has 1 rings (SSSR count). The van der Waals surface area contributed by atoms with Crippen LogP contribution in [0.5, 0.6) is 0 Å². The van der Waals surface area contributed by atoms with Crippen LogP contribution >= 0.6 is 11.6 Å². The van der Waals surface area contributed by atoms with Gasteiger partial charge in [-0.2, -0.15) is 0 Å². The smallest absolute Gasteiger partial charge is 0.320 e. The van der Waals surface area contributed by atoms with Crippen molar-refractivity contribution in [2.75, 3.05) is 10.5 Å². The van der Waals surface area contributed by atoms with Gasteiger partial charge in [0.1, 0.15) is 0 Å². The Balaban J connectivity index is 2.92. The summed E-state index contributed by atoms with van der Waals surface area (Å²) in [6, 6.07) is 4.59. The van der Waals surface area contributed by atoms with Crippen LogP contribution < -0.4 is 4.72 Å². The Hall–Kier alpha value is -1.27. The predicted octanol–water partition coefficient (Wildman–Crippen LogP) is 1.47. The highest BCUT2D eigenvalue weighted by Gasteiger charge is 2.16. The molecule has 0 radical (unpaired) electrons. The van der Waals surface area contributed by atoms with Crippen LogP contribution in [-0.4, -0.2) is 25.2 Å². The van der Waals surface area contributed by atoms with E-state index >= 15 is 0 Å². The van der Waals surface area contributed by atoms with Gasteiger partial charge in [-0.05, 0) is 30.7 Å². The van der Waals surface area contributed by atoms with E-state index < -0.39 is 21.7 Å². The third kappa shape index (κ3) is 3.71. The Kier molecular flexibility index (Phi) is 3.77. The van der Waals surface area contributed by atoms with Gasteiger partial charge in [-0.25, -0.2) is 8.42 Å². The zero-order valence-electron chi connectivity index (χ0n) is 8.40. The average molecular weight is 264 g/mol. The molecule has 0 saturated carbocycles. The van der Waals surface area contributed by atoms with Gasteiger partial charge in [0.15, 0.2) is 5.75 Å². The summed E-state index contributed by atoms with van der Waals surface area (Å²) in [7, 11) is -3.86. The van der Waals surface area contributed by atoms with E-state index in [9.17, 15) is 13.2 Å². The quantitative estimate of drug-likeness (QED) is 0.862. The minimum Gasteiger partial charge on any atom is -0.480 e. The molecular weight excluding hydrogens is 254 g/mol. The summed E-state index contributed by atoms with van der Waals surface area (Å²) < 4.78 is 24.8. The first-order valence-corrected chi connectivity index (χ1v) is 6.31. The van der Waals surface area contributed by atoms with Crippen molar-refractivity contribution >= 4 is 33.3 Å². The maximum atomic E-state index is 11.3. The Labute approximate surface area is 98.1 Å². The van der Waals surface area contributed by atoms with Crippen molar-refractivity contribution in [1.82, 2.24) is 0 Å². The highest BCUT2D eigenvalue weighted by molar-refractivity contribution is 7.93. The molecule has 0 aliphatic heterocycles. The summed E-state index contributed by atoms with van der Waals surface area (Å²) >= 11 is 5.70. The molecule has 0 amide bonds. The van der Waals surface area contributed by atoms with Crippen LogP contribution in [0.1, 0.15) is 5.56 Å². The molecule has 0 atom stereocenters. The zero-order chi connectivity index (χ0) is 12.3. The molecule has 0 fully saturated rings. The Morgan fingerprint density at radius 3 is 2.62 bits per heavy atom. The molecule has 0 aromatic heterocycles. The Bertz CT molecular complexity index is 512. The van der Waals surface area contributed by atoms with Crippen molar-refractivity contribution in [3.8, 4) is 0 Å². The second-order valence-electron chi connectivity index (χ2n) is 3.21. The van der Waals surface area contributed by atoms with E-state index in [0.29, 0.717) is 16.3 Å². The summed E-state index contributed by atoms with van der Waals surface area (Å²) in [6.07, 6.45) is 0. The van der Waals surface area contributed by atoms with E-state index in [1.54, 1.807) is 13.0 Å². The van der Waals surface area contributed by atoms with Gasteiger partial charge in [0.2, 0.25) is 10.0 Å². The van der Waals surface area contributed by atoms with Crippen molar-refractivity contribution in [2.45, 2.75) is 6.92 Å². The van der Waals surface area contributed by atoms with Gasteiger partial charge < -0.3 is 5.11 Å². The van der Waals surface area contributed by atoms with Crippen molar-refractivity contribution < 1.29 is 18.3 Å². The number of rotatable bonds is 4. The lowest BCUT2D eigenvalue weighted by Crippen LogP contribution is -2.22. The number of aliphatic carboxylic acids is 1. The van der Waals surface area contributed by atoms with E-state index in [1.165, 1.54) is 12.1 Å². The van der Waals surface area contributed by atoms with Crippen LogP contribution in [-0.2, 0) is 14.8 Å². The van der Waals surface area contributed by atoms with Crippen LogP contribution in [0, 0.1) is 6.92 Å². The molecule has 0 aliphatic rings. The largest absolute Gasteiger partial charge is 0.480 e. The van der Waals surface area contributed by atoms with E-state index in [4.69, 9.17) is 16.7 Å². The third-order valence-corrected chi connectivity index (χ3v) is 3.16. The Morgan fingerprint density at radius 1 is 1.50 bits per heavy atom. The van der Waals surface area contributed by atoms with Crippen LogP contribution in [0.3, 0.4) is 0 Å². The molecule has 0 saturated heterocycles. The van der Waals surface area contributed by atoms with Crippen molar-refractivity contribution in [2.24, 2.45) is 0 Å². The first-order chi connectivity index (χ1) is 7.30. The van der Waals surface area contributed by atoms with Gasteiger partial charge >= 0.3 is 5.97 Å². The number of nitrogens with one attached hydrogen (secondary N) is 1. The number of aryl methyl sites for hydroxylation is 1. The number of benzene rings is 1. The second-order valence-corrected chi connectivity index (χ2v) is 5.37. The van der Waals surface area contributed by atoms with Crippen molar-refractivity contribution in [3.05, 3.63) is 28.8 Å². The van der Waals surface area contributed by atoms with Crippen molar-refractivity contribution in [1.29, 1.82) is 0 Å². The first-order valence-electron chi connectivity index (χ1n) is 4.28. The molecule has 16 heavy (non-hydrogen) atoms. The lowest BCUT2D eigenvalue weighted by Gasteiger charge is -2.09. The summed E-state index contributed by atoms with van der Waals surface area (Å²) in [5, 5.41) is 8.89. The number of hydrogen-bond donors (Lipinski definition) is 2. The Morgan fingerprint density at radius 2 is 2.12 bits per heavy atom. The average Bonchev–Trinajstić information content (AvgIpc) is 2.07. The SMILES string of the molecule is Cc1cc(Cl)ccc1NS(=O)(=O)CC(=O)O. The molecule has 5 nitrogen and oxygen atoms in total. The topological polar surface area (TPSA) is 83.5 Å². The van der Waals surface area contributed by atoms with Gasteiger partial charge in [-0.1, -0.05) is 11.6 Å². The monoisotopic (exact) mass is 263 g/mol. The van der Waals surface area contributed by atoms with Gasteiger partial charge in [-0.3, -0.25) is 9.52 Å². The van der Waals surface area contributed by atoms with E-state index in [-0.39, 0.29) is 0 Å². The zero-order valence-corrected chi connectivity index (χ0v) is 9.97. The maximum Gasteiger partial charge on any atom is 0.320 e. The highest BCUT2D eigenvalue weighted by Crippen LogP contribution is 2.20. The van der Waals surface area contributed by atoms with Gasteiger partial charge in [0.25, 0.3) is 0 Å². The fourth-order valence-corrected chi connectivity index (χ4v) is 2.30. The summed E-state index contributed by atoms with van der Waals surface area (Å²) in [4.78, 5) is 10.3. The van der Waals surface area contributed by atoms with Gasteiger partial charge in [-0.15, -0.1) is 0 Å². The molecule has 0 aliphatic carbocycles. The van der Waals surface area contributed by atoms with Gasteiger partial charge in [0, 0.05) is 5.02 Å². The molecule has 2 N–H and O–H groups in total. The molecule has 7 heteroatoms. The fraction of sp³-hybridized carbons (Fsp3) is 0.222. The van der Waals surface area contributed by atoms with Gasteiger partial charge in [0.05, 0.1) is 5.69 Å². The van der Waals surface area contributed by atoms with Crippen LogP contribution in [0.4, 0.5) is 5.69 Å². The first kappa shape index (κ1) is 12.8. The van der Waals surface area contributed by atoms with Crippen molar-refractivity contribution in [3.63, 3.8) is 0 Å². The lowest BCUT2D eigenvalue weighted by molar-refractivity contribution is -0.134. The van der Waals surface area contributed by atoms with Crippen LogP contribution in [0.25, 0.3) is 0 Å². The second kappa shape index (κ2) is 4.71. The molecule has 0 bridgehead atoms. The number of halogens is 1. The number of carbonyl (C=O) groups is 1. The molecule has 0 spiro atoms. The summed E-state index contributed by atoms with van der Waals surface area (Å²) in [5.74, 6) is -2.37. The number of hydrogen-bond acceptors (Lipinski definition) is 3. The minimum atomic E-state index is -3.86. The fourth-order valence-electron chi connectivity index (χ4n) is 1.11. The molecule has 88 valence electrons. The van der Waals surface area contributed by atoms with E-state index in [0.717, 1.165) is 0 Å². The van der Waals surface area contributed by atoms with Crippen LogP contribution in [0.15, 0.2) is 18.2 Å². The van der Waals surface area contributed by atoms with E-state index in [1.807, 2.05) is 0 Å². The summed E-state index contributed by atoms with van der Waals surface area (Å²) in [5.41, 5.74) is 0.951. The molecule has 0 unspecified atom stereocenters. The van der Waals surface area contributed by atoms with Crippen LogP contribution in [0.2, 0.25) is 5.02 Å². The number of sulfonamides is 1. The summed E-state index contributed by atoms with van der Waals surface area (Å²) in [6.45, 7) is 1.67. The lowest BCUT2D eigenvalue weighted by atomic mass is 10.2. The maximum absolute atomic E-state index is 11.3. The predicted molar refractivity (Wildman–Crippen MR) is 61.2 cm³/mol. The van der Waals surface area contributed by atoms with E-state index in [2.05, 4.69) is 4.72 Å². The number of carboxylic acid groups (broad SMARTS) is 1. The molecule has 0 heterocycles. The molecule has 1 aromatic carbocycles. The normalized spacial score (nSPS) is 11.1. The third-order valence-electron chi connectivity index (χ3n) is 1.77. The molecular formula is C9H10ClNO4S. The molecule has 1 aromatic rings. The standard InChI is InChI=1S/C9H10ClNO4S/c1-6-4-7(10)2-3-8(6)11-16(14,15)5-9(12)13/h2-4,11H,5H2,1H3,(H,12,13). The highest BCUT2D eigenvalue weighted by atomic mass is 35.5. The number of anilines is 1. The minimum absolute atomic E-state index is 0.325. The number of carboxylic acids is 1.